The van der Waals surface area contributed by atoms with Crippen LogP contribution in [0.3, 0.4) is 0 Å². The molecule has 0 unspecified atom stereocenters. The van der Waals surface area contributed by atoms with E-state index in [1.807, 2.05) is 12.2 Å². The van der Waals surface area contributed by atoms with E-state index in [0.29, 0.717) is 47.8 Å². The number of ether oxygens (including phenoxy) is 1. The summed E-state index contributed by atoms with van der Waals surface area (Å²) in [5, 5.41) is 6.66. The number of sulfonamides is 1. The van der Waals surface area contributed by atoms with E-state index in [0.717, 1.165) is 23.3 Å². The summed E-state index contributed by atoms with van der Waals surface area (Å²) in [4.78, 5) is 48.4. The minimum absolute atomic E-state index is 0.0130. The van der Waals surface area contributed by atoms with Gasteiger partial charge in [0.2, 0.25) is 21.8 Å². The highest BCUT2D eigenvalue weighted by atomic mass is 35.5. The number of amides is 3. The first-order chi connectivity index (χ1) is 25.1. The number of allylic oxidation sites excluding steroid dienone is 1. The number of nitrogens with one attached hydrogen (secondary N) is 3. The van der Waals surface area contributed by atoms with Crippen LogP contribution in [-0.2, 0) is 30.6 Å². The second-order valence-corrected chi connectivity index (χ2v) is 18.2. The minimum atomic E-state index is -4.59. The highest BCUT2D eigenvalue weighted by Crippen LogP contribution is 2.47. The van der Waals surface area contributed by atoms with Crippen molar-refractivity contribution in [2.75, 3.05) is 11.9 Å². The molecule has 17 heteroatoms. The van der Waals surface area contributed by atoms with Crippen molar-refractivity contribution < 1.29 is 40.7 Å². The number of hydrogen-bond acceptors (Lipinski definition) is 9. The third-order valence-corrected chi connectivity index (χ3v) is 13.9. The van der Waals surface area contributed by atoms with Gasteiger partial charge in [0, 0.05) is 23.0 Å². The summed E-state index contributed by atoms with van der Waals surface area (Å²) < 4.78 is 75.1. The van der Waals surface area contributed by atoms with Crippen molar-refractivity contribution in [3.05, 3.63) is 65.2 Å². The molecule has 284 valence electrons. The Morgan fingerprint density at radius 1 is 1.13 bits per heavy atom. The van der Waals surface area contributed by atoms with E-state index in [4.69, 9.17) is 16.3 Å². The van der Waals surface area contributed by atoms with Crippen molar-refractivity contribution in [2.45, 2.75) is 99.4 Å². The lowest BCUT2D eigenvalue weighted by Crippen LogP contribution is -2.58. The average molecular weight is 794 g/mol. The highest BCUT2D eigenvalue weighted by Gasteiger charge is 2.63. The van der Waals surface area contributed by atoms with Crippen LogP contribution in [0.1, 0.15) is 70.3 Å². The molecule has 0 bridgehead atoms. The van der Waals surface area contributed by atoms with Crippen LogP contribution >= 0.6 is 22.9 Å². The highest BCUT2D eigenvalue weighted by molar-refractivity contribution is 7.91. The van der Waals surface area contributed by atoms with Gasteiger partial charge in [-0.25, -0.2) is 13.4 Å². The number of alkyl halides is 3. The maximum Gasteiger partial charge on any atom is 0.416 e. The van der Waals surface area contributed by atoms with Crippen LogP contribution in [0.25, 0.3) is 10.2 Å². The number of nitrogens with zero attached hydrogens (tertiary/aromatic N) is 2. The molecule has 11 nitrogen and oxygen atoms in total. The number of halogens is 4. The maximum absolute atomic E-state index is 14.5. The maximum atomic E-state index is 14.5. The Labute approximate surface area is 313 Å². The number of anilines is 1. The second kappa shape index (κ2) is 14.1. The molecule has 2 aliphatic heterocycles. The number of thiazole rings is 1. The number of fused-ring (bicyclic) bond motifs is 3. The molecule has 1 aromatic heterocycles. The van der Waals surface area contributed by atoms with E-state index < -0.39 is 73.9 Å². The zero-order valence-electron chi connectivity index (χ0n) is 28.7. The molecule has 2 saturated carbocycles. The van der Waals surface area contributed by atoms with Gasteiger partial charge in [0.05, 0.1) is 27.1 Å². The van der Waals surface area contributed by atoms with Gasteiger partial charge in [0.1, 0.15) is 23.7 Å². The van der Waals surface area contributed by atoms with Gasteiger partial charge < -0.3 is 20.3 Å². The average Bonchev–Trinajstić information content (AvgIpc) is 3.91. The van der Waals surface area contributed by atoms with Gasteiger partial charge in [0.15, 0.2) is 0 Å². The van der Waals surface area contributed by atoms with Gasteiger partial charge in [-0.2, -0.15) is 13.2 Å². The Bertz CT molecular complexity index is 2070. The Kier molecular flexibility index (Phi) is 9.94. The molecule has 0 radical (unpaired) electrons. The molecule has 0 spiro atoms. The first kappa shape index (κ1) is 37.4. The van der Waals surface area contributed by atoms with Crippen LogP contribution in [0.15, 0.2) is 54.6 Å². The van der Waals surface area contributed by atoms with Crippen LogP contribution in [-0.4, -0.2) is 71.0 Å². The topological polar surface area (TPSA) is 147 Å². The van der Waals surface area contributed by atoms with Crippen molar-refractivity contribution in [1.29, 1.82) is 0 Å². The lowest BCUT2D eigenvalue weighted by Gasteiger charge is -2.30. The molecule has 5 atom stereocenters. The summed E-state index contributed by atoms with van der Waals surface area (Å²) in [6, 6.07) is 7.65. The number of aromatic nitrogens is 1. The first-order valence-corrected chi connectivity index (χ1v) is 20.3. The fourth-order valence-corrected chi connectivity index (χ4v) is 9.47. The summed E-state index contributed by atoms with van der Waals surface area (Å²) in [6.07, 6.45) is 2.37. The van der Waals surface area contributed by atoms with E-state index in [1.165, 1.54) is 28.4 Å². The smallest absolute Gasteiger partial charge is 0.416 e. The van der Waals surface area contributed by atoms with E-state index in [1.54, 1.807) is 25.1 Å². The number of hydrogen-bond donors (Lipinski definition) is 3. The van der Waals surface area contributed by atoms with Crippen LogP contribution in [0, 0.1) is 5.92 Å². The second-order valence-electron chi connectivity index (χ2n) is 14.6. The largest absolute Gasteiger partial charge is 0.465 e. The molecule has 7 rings (SSSR count). The SMILES string of the molecule is CC1(S(=O)(=O)NC(=O)[C@@]23C[C@H]2/C=C\CCCCC[C@H](Nc2cccc(C(F)(F)F)c2)C(=O)N2C[C@H](Oc4nc5ccc(Cl)cc5s4)C[C@H]2C(=O)N3)CC1. The fourth-order valence-electron chi connectivity index (χ4n) is 7.00. The van der Waals surface area contributed by atoms with Gasteiger partial charge in [-0.1, -0.05) is 54.0 Å². The van der Waals surface area contributed by atoms with Gasteiger partial charge >= 0.3 is 6.18 Å². The number of benzene rings is 2. The Balaban J connectivity index is 1.19. The summed E-state index contributed by atoms with van der Waals surface area (Å²) in [5.41, 5.74) is -1.68. The molecule has 3 N–H and O–H groups in total. The predicted octanol–water partition coefficient (Wildman–Crippen LogP) is 6.19. The van der Waals surface area contributed by atoms with E-state index in [9.17, 15) is 36.0 Å². The van der Waals surface area contributed by atoms with E-state index in [2.05, 4.69) is 20.3 Å². The van der Waals surface area contributed by atoms with Crippen LogP contribution < -0.4 is 20.1 Å². The lowest BCUT2D eigenvalue weighted by atomic mass is 10.0. The molecule has 2 aliphatic carbocycles. The normalized spacial score (nSPS) is 28.1. The summed E-state index contributed by atoms with van der Waals surface area (Å²) in [6.45, 7) is 1.51. The quantitative estimate of drug-likeness (QED) is 0.240. The third kappa shape index (κ3) is 7.86. The van der Waals surface area contributed by atoms with Crippen molar-refractivity contribution in [2.24, 2.45) is 5.92 Å². The van der Waals surface area contributed by atoms with Crippen LogP contribution in [0.2, 0.25) is 5.02 Å². The van der Waals surface area contributed by atoms with Crippen molar-refractivity contribution in [3.63, 3.8) is 0 Å². The van der Waals surface area contributed by atoms with E-state index >= 15 is 0 Å². The molecular formula is C36H39ClF3N5O6S2. The molecule has 3 heterocycles. The van der Waals surface area contributed by atoms with Crippen molar-refractivity contribution >= 4 is 66.6 Å². The van der Waals surface area contributed by atoms with Gasteiger partial charge in [0.25, 0.3) is 11.1 Å². The molecule has 3 fully saturated rings. The predicted molar refractivity (Wildman–Crippen MR) is 194 cm³/mol. The fraction of sp³-hybridized carbons (Fsp3) is 0.500. The van der Waals surface area contributed by atoms with Crippen molar-refractivity contribution in [1.82, 2.24) is 19.9 Å². The Hall–Kier alpha value is -3.89. The summed E-state index contributed by atoms with van der Waals surface area (Å²) in [5.74, 6) is -2.50. The Morgan fingerprint density at radius 3 is 2.68 bits per heavy atom. The van der Waals surface area contributed by atoms with Crippen molar-refractivity contribution in [3.8, 4) is 5.19 Å². The van der Waals surface area contributed by atoms with E-state index in [-0.39, 0.29) is 31.5 Å². The monoisotopic (exact) mass is 793 g/mol. The standard InChI is InChI=1S/C36H39ClF3N5O6S2/c1-34(14-15-34)53(49,50)44-32(48)35-19-22(35)8-5-3-2-4-6-11-27(41-24-10-7-9-21(16-24)36(38,39)40)31(47)45-20-25(18-28(45)30(46)43-35)51-33-42-26-13-12-23(37)17-29(26)52-33/h5,7-10,12-13,16-17,22,25,27-28,41H,2-4,6,11,14-15,18-20H2,1H3,(H,43,46)(H,44,48)/b8-5-/t22-,25-,27+,28+,35-/m1/s1. The summed E-state index contributed by atoms with van der Waals surface area (Å²) in [7, 11) is -4.02. The lowest BCUT2D eigenvalue weighted by molar-refractivity contribution is -0.140. The molecule has 1 saturated heterocycles. The molecule has 3 amide bonds. The number of rotatable bonds is 7. The summed E-state index contributed by atoms with van der Waals surface area (Å²) >= 11 is 7.40. The number of carbonyl (C=O) groups excluding carboxylic acids is 3. The third-order valence-electron chi connectivity index (χ3n) is 10.6. The molecule has 53 heavy (non-hydrogen) atoms. The van der Waals surface area contributed by atoms with Gasteiger partial charge in [-0.15, -0.1) is 0 Å². The molecule has 2 aromatic carbocycles. The Morgan fingerprint density at radius 2 is 1.92 bits per heavy atom. The number of carbonyl (C=O) groups is 3. The zero-order valence-corrected chi connectivity index (χ0v) is 31.1. The minimum Gasteiger partial charge on any atom is -0.465 e. The first-order valence-electron chi connectivity index (χ1n) is 17.6. The molecule has 3 aromatic rings. The van der Waals surface area contributed by atoms with Crippen LogP contribution in [0.4, 0.5) is 18.9 Å². The molecule has 4 aliphatic rings. The van der Waals surface area contributed by atoms with Crippen LogP contribution in [0.5, 0.6) is 5.19 Å². The molecular weight excluding hydrogens is 755 g/mol. The van der Waals surface area contributed by atoms with Gasteiger partial charge in [-0.05, 0) is 81.8 Å². The van der Waals surface area contributed by atoms with Gasteiger partial charge in [-0.3, -0.25) is 19.1 Å². The zero-order chi connectivity index (χ0) is 37.8.